The Hall–Kier alpha value is -1.85. The average Bonchev–Trinajstić information content (AvgIpc) is 2.98. The molecule has 0 aromatic carbocycles. The van der Waals surface area contributed by atoms with Gasteiger partial charge in [-0.2, -0.15) is 5.10 Å². The third kappa shape index (κ3) is 3.05. The van der Waals surface area contributed by atoms with Crippen LogP contribution in [-0.4, -0.2) is 32.8 Å². The van der Waals surface area contributed by atoms with Crippen molar-refractivity contribution in [3.05, 3.63) is 18.0 Å². The van der Waals surface area contributed by atoms with Crippen LogP contribution in [0.4, 0.5) is 0 Å². The van der Waals surface area contributed by atoms with E-state index in [-0.39, 0.29) is 12.5 Å². The van der Waals surface area contributed by atoms with Crippen LogP contribution < -0.4 is 5.32 Å². The number of aromatic nitrogens is 2. The molecule has 92 valence electrons. The smallest absolute Gasteiger partial charge is 0.328 e. The molecule has 6 nitrogen and oxygen atoms in total. The summed E-state index contributed by atoms with van der Waals surface area (Å²) in [6.45, 7) is 1.45. The fraction of sp³-hybridized carbons (Fsp3) is 0.545. The Balaban J connectivity index is 2.00. The Morgan fingerprint density at radius 2 is 2.35 bits per heavy atom. The molecule has 1 unspecified atom stereocenters. The van der Waals surface area contributed by atoms with E-state index in [1.807, 2.05) is 6.07 Å². The highest BCUT2D eigenvalue weighted by atomic mass is 16.4. The van der Waals surface area contributed by atoms with E-state index in [0.717, 1.165) is 18.5 Å². The lowest BCUT2D eigenvalue weighted by atomic mass is 10.3. The lowest BCUT2D eigenvalue weighted by Gasteiger charge is -2.12. The summed E-state index contributed by atoms with van der Waals surface area (Å²) in [6.07, 6.45) is 4.07. The zero-order chi connectivity index (χ0) is 12.4. The van der Waals surface area contributed by atoms with Crippen molar-refractivity contribution in [1.29, 1.82) is 0 Å². The summed E-state index contributed by atoms with van der Waals surface area (Å²) in [5.41, 5.74) is 1.01. The second kappa shape index (κ2) is 4.57. The Morgan fingerprint density at radius 1 is 1.65 bits per heavy atom. The Kier molecular flexibility index (Phi) is 3.12. The maximum Gasteiger partial charge on any atom is 0.328 e. The molecule has 0 bridgehead atoms. The SMILES string of the molecule is CC(=O)NC(Cn1ccc(C2CC2)n1)C(=O)O. The standard InChI is InChI=1S/C11H15N3O3/c1-7(15)12-10(11(16)17)6-14-5-4-9(13-14)8-2-3-8/h4-5,8,10H,2-3,6H2,1H3,(H,12,15)(H,16,17). The highest BCUT2D eigenvalue weighted by Gasteiger charge is 2.26. The van der Waals surface area contributed by atoms with Gasteiger partial charge in [0.05, 0.1) is 12.2 Å². The van der Waals surface area contributed by atoms with Crippen molar-refractivity contribution in [2.24, 2.45) is 0 Å². The minimum atomic E-state index is -1.05. The molecule has 1 atom stereocenters. The molecule has 1 aliphatic carbocycles. The molecule has 1 aromatic rings. The van der Waals surface area contributed by atoms with Crippen molar-refractivity contribution in [2.75, 3.05) is 0 Å². The van der Waals surface area contributed by atoms with Gasteiger partial charge in [0.1, 0.15) is 6.04 Å². The minimum absolute atomic E-state index is 0.154. The van der Waals surface area contributed by atoms with Gasteiger partial charge in [-0.15, -0.1) is 0 Å². The largest absolute Gasteiger partial charge is 0.480 e. The van der Waals surface area contributed by atoms with Crippen molar-refractivity contribution in [1.82, 2.24) is 15.1 Å². The number of carboxylic acid groups (broad SMARTS) is 1. The fourth-order valence-corrected chi connectivity index (χ4v) is 1.69. The third-order valence-electron chi connectivity index (χ3n) is 2.70. The Labute approximate surface area is 98.6 Å². The van der Waals surface area contributed by atoms with Crippen molar-refractivity contribution >= 4 is 11.9 Å². The molecule has 0 aliphatic heterocycles. The van der Waals surface area contributed by atoms with Crippen LogP contribution in [-0.2, 0) is 16.1 Å². The van der Waals surface area contributed by atoms with Crippen molar-refractivity contribution in [3.63, 3.8) is 0 Å². The molecular weight excluding hydrogens is 222 g/mol. The Bertz CT molecular complexity index is 437. The molecule has 0 spiro atoms. The van der Waals surface area contributed by atoms with Crippen LogP contribution in [0.2, 0.25) is 0 Å². The van der Waals surface area contributed by atoms with Gasteiger partial charge in [-0.1, -0.05) is 0 Å². The number of hydrogen-bond donors (Lipinski definition) is 2. The van der Waals surface area contributed by atoms with Gasteiger partial charge in [0.25, 0.3) is 0 Å². The summed E-state index contributed by atoms with van der Waals surface area (Å²) in [5, 5.41) is 15.6. The molecule has 0 radical (unpaired) electrons. The maximum absolute atomic E-state index is 10.9. The zero-order valence-corrected chi connectivity index (χ0v) is 9.59. The number of amides is 1. The lowest BCUT2D eigenvalue weighted by Crippen LogP contribution is -2.42. The van der Waals surface area contributed by atoms with Crippen LogP contribution in [0.25, 0.3) is 0 Å². The second-order valence-electron chi connectivity index (χ2n) is 4.33. The average molecular weight is 237 g/mol. The Morgan fingerprint density at radius 3 is 2.88 bits per heavy atom. The number of nitrogens with zero attached hydrogens (tertiary/aromatic N) is 2. The molecule has 6 heteroatoms. The second-order valence-corrected chi connectivity index (χ2v) is 4.33. The summed E-state index contributed by atoms with van der Waals surface area (Å²) in [5.74, 6) is -0.865. The summed E-state index contributed by atoms with van der Waals surface area (Å²) >= 11 is 0. The summed E-state index contributed by atoms with van der Waals surface area (Å²) in [7, 11) is 0. The summed E-state index contributed by atoms with van der Waals surface area (Å²) in [4.78, 5) is 21.8. The molecule has 1 heterocycles. The number of nitrogens with one attached hydrogen (secondary N) is 1. The highest BCUT2D eigenvalue weighted by Crippen LogP contribution is 2.38. The maximum atomic E-state index is 10.9. The van der Waals surface area contributed by atoms with Crippen LogP contribution in [0.3, 0.4) is 0 Å². The predicted molar refractivity (Wildman–Crippen MR) is 59.4 cm³/mol. The van der Waals surface area contributed by atoms with Gasteiger partial charge in [0.2, 0.25) is 5.91 Å². The highest BCUT2D eigenvalue weighted by molar-refractivity contribution is 5.81. The van der Waals surface area contributed by atoms with Crippen LogP contribution in [0.5, 0.6) is 0 Å². The monoisotopic (exact) mass is 237 g/mol. The van der Waals surface area contributed by atoms with Crippen LogP contribution in [0.1, 0.15) is 31.4 Å². The number of carboxylic acids is 1. The number of carbonyl (C=O) groups is 2. The van der Waals surface area contributed by atoms with Crippen LogP contribution >= 0.6 is 0 Å². The quantitative estimate of drug-likeness (QED) is 0.774. The molecule has 2 rings (SSSR count). The first-order valence-corrected chi connectivity index (χ1v) is 5.59. The summed E-state index contributed by atoms with van der Waals surface area (Å²) in [6, 6.07) is 0.976. The number of aliphatic carboxylic acids is 1. The molecule has 1 saturated carbocycles. The first kappa shape index (κ1) is 11.6. The van der Waals surface area contributed by atoms with Crippen LogP contribution in [0.15, 0.2) is 12.3 Å². The molecule has 1 aliphatic rings. The molecule has 1 aromatic heterocycles. The predicted octanol–water partition coefficient (Wildman–Crippen LogP) is 0.350. The molecule has 2 N–H and O–H groups in total. The number of hydrogen-bond acceptors (Lipinski definition) is 3. The van der Waals surface area contributed by atoms with Crippen molar-refractivity contribution in [2.45, 2.75) is 38.3 Å². The van der Waals surface area contributed by atoms with E-state index in [1.165, 1.54) is 6.92 Å². The van der Waals surface area contributed by atoms with E-state index in [2.05, 4.69) is 10.4 Å². The lowest BCUT2D eigenvalue weighted by molar-refractivity contribution is -0.142. The number of carbonyl (C=O) groups excluding carboxylic acids is 1. The van der Waals surface area contributed by atoms with Gasteiger partial charge in [-0.25, -0.2) is 4.79 Å². The van der Waals surface area contributed by atoms with Crippen molar-refractivity contribution in [3.8, 4) is 0 Å². The van der Waals surface area contributed by atoms with Gasteiger partial charge in [-0.05, 0) is 18.9 Å². The van der Waals surface area contributed by atoms with E-state index < -0.39 is 12.0 Å². The zero-order valence-electron chi connectivity index (χ0n) is 9.59. The van der Waals surface area contributed by atoms with Gasteiger partial charge >= 0.3 is 5.97 Å². The molecule has 1 fully saturated rings. The molecule has 0 saturated heterocycles. The fourth-order valence-electron chi connectivity index (χ4n) is 1.69. The molecular formula is C11H15N3O3. The van der Waals surface area contributed by atoms with Gasteiger partial charge in [-0.3, -0.25) is 9.48 Å². The van der Waals surface area contributed by atoms with Crippen molar-refractivity contribution < 1.29 is 14.7 Å². The number of rotatable bonds is 5. The van der Waals surface area contributed by atoms with Gasteiger partial charge in [0, 0.05) is 19.0 Å². The molecule has 1 amide bonds. The minimum Gasteiger partial charge on any atom is -0.480 e. The first-order valence-electron chi connectivity index (χ1n) is 5.59. The topological polar surface area (TPSA) is 84.2 Å². The van der Waals surface area contributed by atoms with Gasteiger partial charge in [0.15, 0.2) is 0 Å². The van der Waals surface area contributed by atoms with E-state index in [1.54, 1.807) is 10.9 Å². The molecule has 17 heavy (non-hydrogen) atoms. The van der Waals surface area contributed by atoms with E-state index in [4.69, 9.17) is 5.11 Å². The normalized spacial score (nSPS) is 16.5. The summed E-state index contributed by atoms with van der Waals surface area (Å²) < 4.78 is 1.57. The van der Waals surface area contributed by atoms with E-state index in [0.29, 0.717) is 5.92 Å². The van der Waals surface area contributed by atoms with E-state index in [9.17, 15) is 9.59 Å². The first-order chi connectivity index (χ1) is 8.06. The van der Waals surface area contributed by atoms with E-state index >= 15 is 0 Å². The third-order valence-corrected chi connectivity index (χ3v) is 2.70. The van der Waals surface area contributed by atoms with Gasteiger partial charge < -0.3 is 10.4 Å². The van der Waals surface area contributed by atoms with Crippen LogP contribution in [0, 0.1) is 0 Å².